The molecule has 1 aliphatic carbocycles. The van der Waals surface area contributed by atoms with Crippen molar-refractivity contribution in [2.45, 2.75) is 45.6 Å². The Bertz CT molecular complexity index is 1350. The number of imide groups is 1. The molecule has 2 aromatic rings. The molecule has 3 amide bonds. The number of anilines is 1. The van der Waals surface area contributed by atoms with Gasteiger partial charge in [0, 0.05) is 7.11 Å². The molecular weight excluding hydrogens is 456 g/mol. The Labute approximate surface area is 210 Å². The Kier molecular flexibility index (Phi) is 6.88. The molecule has 36 heavy (non-hydrogen) atoms. The third-order valence-electron chi connectivity index (χ3n) is 6.45. The quantitative estimate of drug-likeness (QED) is 0.474. The Morgan fingerprint density at radius 1 is 1.00 bits per heavy atom. The van der Waals surface area contributed by atoms with Crippen LogP contribution < -0.4 is 10.2 Å². The summed E-state index contributed by atoms with van der Waals surface area (Å²) in [6.07, 6.45) is 3.97. The van der Waals surface area contributed by atoms with Crippen molar-refractivity contribution < 1.29 is 23.9 Å². The van der Waals surface area contributed by atoms with Crippen molar-refractivity contribution in [3.05, 3.63) is 93.7 Å². The molecule has 1 atom stereocenters. The summed E-state index contributed by atoms with van der Waals surface area (Å²) < 4.78 is 5.36. The van der Waals surface area contributed by atoms with Crippen molar-refractivity contribution >= 4 is 29.4 Å². The number of benzene rings is 2. The first-order valence-corrected chi connectivity index (χ1v) is 11.8. The van der Waals surface area contributed by atoms with Crippen molar-refractivity contribution in [2.75, 3.05) is 12.0 Å². The van der Waals surface area contributed by atoms with E-state index in [4.69, 9.17) is 4.74 Å². The molecule has 1 N–H and O–H groups in total. The SMILES string of the molecule is COC1C(=C=O)C=CC=C1NC(=O)c1cccc2c1C(=O)N(c1c(C(C)C)cccc1C(C)C)C2=O. The van der Waals surface area contributed by atoms with Gasteiger partial charge in [-0.05, 0) is 47.2 Å². The normalized spacial score (nSPS) is 17.0. The Balaban J connectivity index is 1.77. The number of nitrogens with zero attached hydrogens (tertiary/aromatic N) is 1. The fourth-order valence-corrected chi connectivity index (χ4v) is 4.69. The smallest absolute Gasteiger partial charge is 0.266 e. The summed E-state index contributed by atoms with van der Waals surface area (Å²) in [6, 6.07) is 10.4. The van der Waals surface area contributed by atoms with E-state index in [1.807, 2.05) is 51.8 Å². The summed E-state index contributed by atoms with van der Waals surface area (Å²) in [5.41, 5.74) is 3.23. The highest BCUT2D eigenvalue weighted by molar-refractivity contribution is 6.36. The Hall–Kier alpha value is -4.06. The molecule has 2 aromatic carbocycles. The molecule has 0 spiro atoms. The lowest BCUT2D eigenvalue weighted by Gasteiger charge is -2.25. The fourth-order valence-electron chi connectivity index (χ4n) is 4.69. The van der Waals surface area contributed by atoms with Crippen LogP contribution in [0.25, 0.3) is 0 Å². The molecule has 4 rings (SSSR count). The molecule has 7 heteroatoms. The lowest BCUT2D eigenvalue weighted by Crippen LogP contribution is -2.34. The standard InChI is InChI=1S/C29H28N2O5/c1-16(2)19-10-7-11-20(17(3)4)25(19)31-28(34)22-13-8-12-21(24(22)29(31)35)27(33)30-23-14-6-9-18(15-32)26(23)36-5/h6-14,16-17,26H,1-5H3,(H,30,33). The number of carbonyl (C=O) groups excluding carboxylic acids is 4. The number of ether oxygens (including phenoxy) is 1. The van der Waals surface area contributed by atoms with Gasteiger partial charge in [-0.25, -0.2) is 9.69 Å². The van der Waals surface area contributed by atoms with Crippen molar-refractivity contribution in [1.29, 1.82) is 0 Å². The number of carbonyl (C=O) groups is 3. The largest absolute Gasteiger partial charge is 0.370 e. The molecule has 1 aliphatic heterocycles. The van der Waals surface area contributed by atoms with Gasteiger partial charge in [-0.15, -0.1) is 0 Å². The molecule has 1 heterocycles. The molecule has 0 bridgehead atoms. The zero-order chi connectivity index (χ0) is 26.1. The van der Waals surface area contributed by atoms with E-state index in [-0.39, 0.29) is 34.1 Å². The van der Waals surface area contributed by atoms with Crippen LogP contribution in [0.5, 0.6) is 0 Å². The molecule has 0 saturated carbocycles. The molecule has 7 nitrogen and oxygen atoms in total. The van der Waals surface area contributed by atoms with Crippen molar-refractivity contribution in [3.63, 3.8) is 0 Å². The molecular formula is C29H28N2O5. The number of amides is 3. The van der Waals surface area contributed by atoms with Gasteiger partial charge in [0.05, 0.1) is 33.6 Å². The third kappa shape index (κ3) is 4.13. The van der Waals surface area contributed by atoms with Crippen LogP contribution in [0.15, 0.2) is 65.9 Å². The van der Waals surface area contributed by atoms with Gasteiger partial charge in [-0.2, -0.15) is 0 Å². The lowest BCUT2D eigenvalue weighted by molar-refractivity contribution is 0.0906. The lowest BCUT2D eigenvalue weighted by atomic mass is 9.92. The summed E-state index contributed by atoms with van der Waals surface area (Å²) in [5, 5.41) is 2.74. The van der Waals surface area contributed by atoms with Crippen LogP contribution in [0, 0.1) is 0 Å². The summed E-state index contributed by atoms with van der Waals surface area (Å²) >= 11 is 0. The topological polar surface area (TPSA) is 92.8 Å². The maximum atomic E-state index is 13.8. The zero-order valence-electron chi connectivity index (χ0n) is 20.9. The van der Waals surface area contributed by atoms with Gasteiger partial charge in [0.15, 0.2) is 0 Å². The van der Waals surface area contributed by atoms with Crippen LogP contribution >= 0.6 is 0 Å². The maximum absolute atomic E-state index is 13.8. The van der Waals surface area contributed by atoms with Crippen molar-refractivity contribution in [3.8, 4) is 0 Å². The first kappa shape index (κ1) is 25.0. The number of methoxy groups -OCH3 is 1. The van der Waals surface area contributed by atoms with Crippen LogP contribution in [0.1, 0.15) is 81.7 Å². The summed E-state index contributed by atoms with van der Waals surface area (Å²) in [6.45, 7) is 8.06. The van der Waals surface area contributed by atoms with Crippen molar-refractivity contribution in [1.82, 2.24) is 5.32 Å². The maximum Gasteiger partial charge on any atom is 0.266 e. The molecule has 0 saturated heterocycles. The Morgan fingerprint density at radius 2 is 1.64 bits per heavy atom. The molecule has 0 radical (unpaired) electrons. The number of para-hydroxylation sites is 1. The van der Waals surface area contributed by atoms with Gasteiger partial charge in [0.2, 0.25) is 0 Å². The molecule has 1 unspecified atom stereocenters. The first-order valence-electron chi connectivity index (χ1n) is 11.8. The first-order chi connectivity index (χ1) is 17.2. The zero-order valence-corrected chi connectivity index (χ0v) is 20.9. The van der Waals surface area contributed by atoms with Gasteiger partial charge < -0.3 is 10.1 Å². The number of hydrogen-bond acceptors (Lipinski definition) is 5. The van der Waals surface area contributed by atoms with Gasteiger partial charge >= 0.3 is 0 Å². The van der Waals surface area contributed by atoms with Crippen LogP contribution in [-0.2, 0) is 9.53 Å². The van der Waals surface area contributed by atoms with Gasteiger partial charge in [-0.3, -0.25) is 14.4 Å². The van der Waals surface area contributed by atoms with Gasteiger partial charge in [-0.1, -0.05) is 58.0 Å². The van der Waals surface area contributed by atoms with Crippen LogP contribution in [-0.4, -0.2) is 36.9 Å². The average Bonchev–Trinajstić information content (AvgIpc) is 3.12. The minimum atomic E-state index is -0.798. The highest BCUT2D eigenvalue weighted by Gasteiger charge is 2.42. The predicted octanol–water partition coefficient (Wildman–Crippen LogP) is 4.69. The number of allylic oxidation sites excluding steroid dienone is 2. The van der Waals surface area contributed by atoms with Crippen LogP contribution in [0.3, 0.4) is 0 Å². The number of fused-ring (bicyclic) bond motifs is 1. The van der Waals surface area contributed by atoms with Gasteiger partial charge in [0.1, 0.15) is 12.0 Å². The molecule has 0 aromatic heterocycles. The molecule has 184 valence electrons. The second kappa shape index (κ2) is 9.90. The highest BCUT2D eigenvalue weighted by atomic mass is 16.5. The van der Waals surface area contributed by atoms with Crippen LogP contribution in [0.4, 0.5) is 5.69 Å². The fraction of sp³-hybridized carbons (Fsp3) is 0.276. The summed E-state index contributed by atoms with van der Waals surface area (Å²) in [7, 11) is 1.42. The molecule has 0 fully saturated rings. The van der Waals surface area contributed by atoms with E-state index >= 15 is 0 Å². The number of nitrogens with one attached hydrogen (secondary N) is 1. The summed E-state index contributed by atoms with van der Waals surface area (Å²) in [5.74, 6) is 0.383. The average molecular weight is 485 g/mol. The number of rotatable bonds is 6. The monoisotopic (exact) mass is 484 g/mol. The number of hydrogen-bond donors (Lipinski definition) is 1. The second-order valence-electron chi connectivity index (χ2n) is 9.38. The van der Waals surface area contributed by atoms with E-state index in [2.05, 4.69) is 5.32 Å². The Morgan fingerprint density at radius 3 is 2.22 bits per heavy atom. The van der Waals surface area contributed by atoms with Gasteiger partial charge in [0.25, 0.3) is 17.7 Å². The molecule has 2 aliphatic rings. The highest BCUT2D eigenvalue weighted by Crippen LogP contribution is 2.40. The van der Waals surface area contributed by atoms with E-state index < -0.39 is 23.8 Å². The second-order valence-corrected chi connectivity index (χ2v) is 9.38. The third-order valence-corrected chi connectivity index (χ3v) is 6.45. The van der Waals surface area contributed by atoms with E-state index in [1.54, 1.807) is 30.4 Å². The van der Waals surface area contributed by atoms with E-state index in [0.29, 0.717) is 11.4 Å². The minimum Gasteiger partial charge on any atom is -0.370 e. The summed E-state index contributed by atoms with van der Waals surface area (Å²) in [4.78, 5) is 53.2. The van der Waals surface area contributed by atoms with E-state index in [9.17, 15) is 19.2 Å². The van der Waals surface area contributed by atoms with E-state index in [1.165, 1.54) is 18.1 Å². The van der Waals surface area contributed by atoms with Crippen LogP contribution in [0.2, 0.25) is 0 Å². The minimum absolute atomic E-state index is 0.0559. The predicted molar refractivity (Wildman–Crippen MR) is 137 cm³/mol. The van der Waals surface area contributed by atoms with E-state index in [0.717, 1.165) is 11.1 Å². The van der Waals surface area contributed by atoms with Crippen molar-refractivity contribution in [2.24, 2.45) is 0 Å².